The van der Waals surface area contributed by atoms with E-state index >= 15 is 0 Å². The molecule has 0 saturated carbocycles. The van der Waals surface area contributed by atoms with Crippen LogP contribution in [0.1, 0.15) is 13.3 Å². The van der Waals surface area contributed by atoms with Crippen LogP contribution in [0.2, 0.25) is 0 Å². The van der Waals surface area contributed by atoms with Crippen LogP contribution in [0, 0.1) is 5.92 Å². The van der Waals surface area contributed by atoms with Crippen molar-refractivity contribution >= 4 is 21.8 Å². The molecule has 24 heavy (non-hydrogen) atoms. The molecule has 2 heterocycles. The second kappa shape index (κ2) is 6.18. The number of hydrogen-bond acceptors (Lipinski definition) is 4. The number of carbonyl (C=O) groups is 2. The highest BCUT2D eigenvalue weighted by atomic mass is 32.2. The molecule has 3 rings (SSSR count). The van der Waals surface area contributed by atoms with E-state index < -0.39 is 16.1 Å². The van der Waals surface area contributed by atoms with Crippen LogP contribution in [0.5, 0.6) is 0 Å². The fourth-order valence-electron chi connectivity index (χ4n) is 3.78. The van der Waals surface area contributed by atoms with Gasteiger partial charge < -0.3 is 10.2 Å². The van der Waals surface area contributed by atoms with Crippen molar-refractivity contribution in [3.63, 3.8) is 0 Å². The lowest BCUT2D eigenvalue weighted by atomic mass is 10.0. The molecular weight excluding hydrogens is 330 g/mol. The smallest absolute Gasteiger partial charge is 0.243 e. The molecule has 7 nitrogen and oxygen atoms in total. The van der Waals surface area contributed by atoms with Gasteiger partial charge in [-0.05, 0) is 24.5 Å². The van der Waals surface area contributed by atoms with Gasteiger partial charge in [-0.25, -0.2) is 8.42 Å². The predicted octanol–water partition coefficient (Wildman–Crippen LogP) is 0.0425. The van der Waals surface area contributed by atoms with Crippen LogP contribution in [0.3, 0.4) is 0 Å². The van der Waals surface area contributed by atoms with E-state index in [2.05, 4.69) is 5.32 Å². The van der Waals surface area contributed by atoms with E-state index in [1.54, 1.807) is 42.3 Å². The van der Waals surface area contributed by atoms with Gasteiger partial charge in [0.05, 0.1) is 10.9 Å². The molecule has 1 N–H and O–H groups in total. The van der Waals surface area contributed by atoms with Gasteiger partial charge in [-0.15, -0.1) is 0 Å². The highest BCUT2D eigenvalue weighted by Crippen LogP contribution is 2.38. The molecule has 0 radical (unpaired) electrons. The lowest BCUT2D eigenvalue weighted by Crippen LogP contribution is -2.49. The molecule has 130 valence electrons. The van der Waals surface area contributed by atoms with Crippen molar-refractivity contribution in [1.82, 2.24) is 14.5 Å². The van der Waals surface area contributed by atoms with Crippen LogP contribution in [0.4, 0.5) is 0 Å². The van der Waals surface area contributed by atoms with Crippen LogP contribution in [-0.2, 0) is 19.6 Å². The molecule has 1 aromatic carbocycles. The van der Waals surface area contributed by atoms with Crippen molar-refractivity contribution in [3.8, 4) is 0 Å². The Bertz CT molecular complexity index is 750. The number of rotatable bonds is 3. The Morgan fingerprint density at radius 3 is 2.42 bits per heavy atom. The van der Waals surface area contributed by atoms with Crippen LogP contribution < -0.4 is 5.32 Å². The van der Waals surface area contributed by atoms with Gasteiger partial charge in [0.1, 0.15) is 6.04 Å². The molecule has 2 saturated heterocycles. The average molecular weight is 351 g/mol. The van der Waals surface area contributed by atoms with Gasteiger partial charge in [0, 0.05) is 27.1 Å². The molecular formula is C16H21N3O4S. The third kappa shape index (κ3) is 2.69. The summed E-state index contributed by atoms with van der Waals surface area (Å²) in [5, 5.41) is 2.58. The zero-order valence-electron chi connectivity index (χ0n) is 13.7. The van der Waals surface area contributed by atoms with E-state index in [1.165, 1.54) is 11.2 Å². The predicted molar refractivity (Wildman–Crippen MR) is 87.5 cm³/mol. The number of hydrogen-bond donors (Lipinski definition) is 1. The molecule has 0 bridgehead atoms. The van der Waals surface area contributed by atoms with Crippen LogP contribution in [0.25, 0.3) is 0 Å². The quantitative estimate of drug-likeness (QED) is 0.833. The summed E-state index contributed by atoms with van der Waals surface area (Å²) in [6, 6.07) is 7.52. The summed E-state index contributed by atoms with van der Waals surface area (Å²) in [4.78, 5) is 25.8. The molecule has 2 aliphatic heterocycles. The molecule has 2 amide bonds. The lowest BCUT2D eigenvalue weighted by Gasteiger charge is -2.28. The highest BCUT2D eigenvalue weighted by Gasteiger charge is 2.52. The van der Waals surface area contributed by atoms with Crippen molar-refractivity contribution in [2.75, 3.05) is 20.1 Å². The molecule has 0 aromatic heterocycles. The van der Waals surface area contributed by atoms with Crippen molar-refractivity contribution in [3.05, 3.63) is 30.3 Å². The van der Waals surface area contributed by atoms with Crippen molar-refractivity contribution in [2.24, 2.45) is 5.92 Å². The first-order valence-electron chi connectivity index (χ1n) is 7.92. The number of likely N-dealkylation sites (N-methyl/N-ethyl adjacent to an activating group) is 1. The second-order valence-corrected chi connectivity index (χ2v) is 8.19. The first kappa shape index (κ1) is 16.9. The normalized spacial score (nSPS) is 27.1. The number of carbonyl (C=O) groups excluding carboxylic acids is 2. The third-order valence-electron chi connectivity index (χ3n) is 4.89. The Balaban J connectivity index is 1.84. The Morgan fingerprint density at radius 2 is 1.83 bits per heavy atom. The topological polar surface area (TPSA) is 86.8 Å². The van der Waals surface area contributed by atoms with Crippen molar-refractivity contribution < 1.29 is 18.0 Å². The maximum absolute atomic E-state index is 12.8. The Hall–Kier alpha value is -1.93. The number of nitrogens with zero attached hydrogens (tertiary/aromatic N) is 2. The number of benzene rings is 1. The number of sulfonamides is 1. The summed E-state index contributed by atoms with van der Waals surface area (Å²) in [7, 11) is -2.04. The van der Waals surface area contributed by atoms with E-state index in [9.17, 15) is 18.0 Å². The van der Waals surface area contributed by atoms with Crippen molar-refractivity contribution in [1.29, 1.82) is 0 Å². The molecule has 8 heteroatoms. The fraction of sp³-hybridized carbons (Fsp3) is 0.500. The molecule has 3 atom stereocenters. The van der Waals surface area contributed by atoms with E-state index in [-0.39, 0.29) is 35.2 Å². The average Bonchev–Trinajstić information content (AvgIpc) is 3.12. The maximum Gasteiger partial charge on any atom is 0.243 e. The minimum absolute atomic E-state index is 0.0188. The van der Waals surface area contributed by atoms with Crippen LogP contribution >= 0.6 is 0 Å². The Morgan fingerprint density at radius 1 is 1.17 bits per heavy atom. The SMILES string of the molecule is CNC(=O)[C@H]1C[C@@H]2CN(S(=O)(=O)c3ccccc3)C[C@@H]2N1C(C)=O. The molecule has 2 fully saturated rings. The summed E-state index contributed by atoms with van der Waals surface area (Å²) >= 11 is 0. The van der Waals surface area contributed by atoms with Gasteiger partial charge >= 0.3 is 0 Å². The van der Waals surface area contributed by atoms with E-state index in [0.29, 0.717) is 13.0 Å². The molecule has 0 spiro atoms. The fourth-order valence-corrected chi connectivity index (χ4v) is 5.32. The maximum atomic E-state index is 12.8. The van der Waals surface area contributed by atoms with Gasteiger partial charge in [-0.2, -0.15) is 4.31 Å². The summed E-state index contributed by atoms with van der Waals surface area (Å²) in [6.07, 6.45) is 0.491. The van der Waals surface area contributed by atoms with E-state index in [1.807, 2.05) is 0 Å². The first-order chi connectivity index (χ1) is 11.4. The van der Waals surface area contributed by atoms with Gasteiger partial charge in [-0.1, -0.05) is 18.2 Å². The molecule has 0 aliphatic carbocycles. The van der Waals surface area contributed by atoms with Gasteiger partial charge in [0.15, 0.2) is 0 Å². The van der Waals surface area contributed by atoms with Gasteiger partial charge in [0.2, 0.25) is 21.8 Å². The Kier molecular flexibility index (Phi) is 4.35. The summed E-state index contributed by atoms with van der Waals surface area (Å²) in [6.45, 7) is 1.99. The van der Waals surface area contributed by atoms with Crippen LogP contribution in [-0.4, -0.2) is 61.7 Å². The summed E-state index contributed by atoms with van der Waals surface area (Å²) in [5.41, 5.74) is 0. The minimum atomic E-state index is -3.58. The monoisotopic (exact) mass is 351 g/mol. The first-order valence-corrected chi connectivity index (χ1v) is 9.36. The minimum Gasteiger partial charge on any atom is -0.357 e. The Labute approximate surface area is 141 Å². The highest BCUT2D eigenvalue weighted by molar-refractivity contribution is 7.89. The number of fused-ring (bicyclic) bond motifs is 1. The van der Waals surface area contributed by atoms with E-state index in [4.69, 9.17) is 0 Å². The van der Waals surface area contributed by atoms with Crippen molar-refractivity contribution in [2.45, 2.75) is 30.3 Å². The molecule has 0 unspecified atom stereocenters. The zero-order valence-corrected chi connectivity index (χ0v) is 14.5. The zero-order chi connectivity index (χ0) is 17.5. The molecule has 1 aromatic rings. The number of amides is 2. The summed E-state index contributed by atoms with van der Waals surface area (Å²) in [5.74, 6) is -0.415. The van der Waals surface area contributed by atoms with Gasteiger partial charge in [0.25, 0.3) is 0 Å². The van der Waals surface area contributed by atoms with Crippen LogP contribution in [0.15, 0.2) is 35.2 Å². The lowest BCUT2D eigenvalue weighted by molar-refractivity contribution is -0.138. The largest absolute Gasteiger partial charge is 0.357 e. The third-order valence-corrected chi connectivity index (χ3v) is 6.73. The van der Waals surface area contributed by atoms with E-state index in [0.717, 1.165) is 0 Å². The number of nitrogens with one attached hydrogen (secondary N) is 1. The molecule has 2 aliphatic rings. The van der Waals surface area contributed by atoms with Gasteiger partial charge in [-0.3, -0.25) is 9.59 Å². The second-order valence-electron chi connectivity index (χ2n) is 6.25. The standard InChI is InChI=1S/C16H21N3O4S/c1-11(20)19-14(16(21)17-2)8-12-9-18(10-15(12)19)24(22,23)13-6-4-3-5-7-13/h3-7,12,14-15H,8-10H2,1-2H3,(H,17,21)/t12-,14-,15+/m1/s1. The number of likely N-dealkylation sites (tertiary alicyclic amines) is 1. The summed E-state index contributed by atoms with van der Waals surface area (Å²) < 4.78 is 26.9.